The van der Waals surface area contributed by atoms with E-state index in [1.165, 1.54) is 0 Å². The van der Waals surface area contributed by atoms with Crippen LogP contribution in [-0.4, -0.2) is 44.0 Å². The fourth-order valence-corrected chi connectivity index (χ4v) is 1.35. The van der Waals surface area contributed by atoms with Gasteiger partial charge in [0, 0.05) is 7.11 Å². The number of hydrogen-bond donors (Lipinski definition) is 1. The lowest BCUT2D eigenvalue weighted by Crippen LogP contribution is -2.42. The van der Waals surface area contributed by atoms with Crippen LogP contribution >= 0.6 is 0 Å². The largest absolute Gasteiger partial charge is 0.541 e. The van der Waals surface area contributed by atoms with E-state index >= 15 is 0 Å². The Hall–Kier alpha value is -0.600. The Morgan fingerprint density at radius 3 is 2.06 bits per heavy atom. The Bertz CT molecular complexity index is 330. The minimum Gasteiger partial charge on any atom is -0.342 e. The van der Waals surface area contributed by atoms with Gasteiger partial charge in [-0.1, -0.05) is 0 Å². The topological polar surface area (TPSA) is 85.3 Å². The predicted molar refractivity (Wildman–Crippen MR) is 37.6 cm³/mol. The highest BCUT2D eigenvalue weighted by molar-refractivity contribution is 7.89. The minimum absolute atomic E-state index is 0.548. The van der Waals surface area contributed by atoms with Crippen molar-refractivity contribution in [1.29, 1.82) is 0 Å². The van der Waals surface area contributed by atoms with Gasteiger partial charge in [0.1, 0.15) is 0 Å². The predicted octanol–water partition coefficient (Wildman–Crippen LogP) is 0.628. The van der Waals surface area contributed by atoms with Gasteiger partial charge >= 0.3 is 23.0 Å². The quantitative estimate of drug-likeness (QED) is 0.439. The van der Waals surface area contributed by atoms with Crippen LogP contribution in [0.5, 0.6) is 0 Å². The third-order valence-corrected chi connectivity index (χ3v) is 2.35. The van der Waals surface area contributed by atoms with Crippen LogP contribution in [0.2, 0.25) is 0 Å². The van der Waals surface area contributed by atoms with E-state index in [4.69, 9.17) is 5.21 Å². The zero-order chi connectivity index (χ0) is 13.9. The lowest BCUT2D eigenvalue weighted by Gasteiger charge is -2.21. The SMILES string of the molecule is COC(OC(F)F)S(=O)(=O)N(O)OC(F)(F)F. The van der Waals surface area contributed by atoms with Crippen molar-refractivity contribution in [2.45, 2.75) is 18.6 Å². The molecule has 0 aliphatic rings. The van der Waals surface area contributed by atoms with E-state index in [0.29, 0.717) is 7.11 Å². The van der Waals surface area contributed by atoms with Gasteiger partial charge in [0.25, 0.3) is 5.62 Å². The summed E-state index contributed by atoms with van der Waals surface area (Å²) < 4.78 is 85.3. The van der Waals surface area contributed by atoms with Crippen LogP contribution in [0.25, 0.3) is 0 Å². The molecule has 0 aliphatic carbocycles. The molecule has 1 unspecified atom stereocenters. The Morgan fingerprint density at radius 2 is 1.76 bits per heavy atom. The molecule has 0 saturated heterocycles. The normalized spacial score (nSPS) is 15.6. The lowest BCUT2D eigenvalue weighted by atomic mass is 11.3. The summed E-state index contributed by atoms with van der Waals surface area (Å²) in [7, 11) is -4.91. The molecule has 104 valence electrons. The van der Waals surface area contributed by atoms with Crippen LogP contribution in [0.15, 0.2) is 0 Å². The molecule has 0 aromatic rings. The number of hydrogen-bond acceptors (Lipinski definition) is 6. The molecule has 0 aromatic carbocycles. The molecule has 0 rings (SSSR count). The Balaban J connectivity index is 4.85. The fourth-order valence-electron chi connectivity index (χ4n) is 0.545. The highest BCUT2D eigenvalue weighted by atomic mass is 32.2. The number of nitrogens with zero attached hydrogens (tertiary/aromatic N) is 1. The van der Waals surface area contributed by atoms with Gasteiger partial charge < -0.3 is 4.74 Å². The van der Waals surface area contributed by atoms with Crippen LogP contribution in [0, 0.1) is 0 Å². The average molecular weight is 291 g/mol. The molecule has 17 heavy (non-hydrogen) atoms. The van der Waals surface area contributed by atoms with Gasteiger partial charge in [-0.2, -0.15) is 13.6 Å². The molecule has 0 radical (unpaired) electrons. The number of sulfonamides is 1. The second-order valence-electron chi connectivity index (χ2n) is 2.21. The van der Waals surface area contributed by atoms with Gasteiger partial charge in [0.15, 0.2) is 0 Å². The summed E-state index contributed by atoms with van der Waals surface area (Å²) in [6.07, 6.45) is -5.55. The van der Waals surface area contributed by atoms with Crippen LogP contribution in [0.1, 0.15) is 0 Å². The molecule has 13 heteroatoms. The molecule has 0 heterocycles. The minimum atomic E-state index is -5.55. The second kappa shape index (κ2) is 5.83. The van der Waals surface area contributed by atoms with Gasteiger partial charge in [0.05, 0.1) is 4.63 Å². The monoisotopic (exact) mass is 291 g/mol. The van der Waals surface area contributed by atoms with Crippen molar-refractivity contribution in [1.82, 2.24) is 4.63 Å². The van der Waals surface area contributed by atoms with E-state index in [9.17, 15) is 30.4 Å². The van der Waals surface area contributed by atoms with E-state index in [2.05, 4.69) is 14.3 Å². The maximum Gasteiger partial charge on any atom is 0.541 e. The maximum atomic E-state index is 11.7. The average Bonchev–Trinajstić information content (AvgIpc) is 2.10. The van der Waals surface area contributed by atoms with Crippen LogP contribution < -0.4 is 0 Å². The molecule has 0 bridgehead atoms. The van der Waals surface area contributed by atoms with Gasteiger partial charge in [-0.05, 0) is 0 Å². The third-order valence-electron chi connectivity index (χ3n) is 1.05. The molecule has 0 saturated carbocycles. The summed E-state index contributed by atoms with van der Waals surface area (Å²) in [4.78, 5) is 2.56. The van der Waals surface area contributed by atoms with Crippen molar-refractivity contribution in [3.63, 3.8) is 0 Å². The summed E-state index contributed by atoms with van der Waals surface area (Å²) in [5.41, 5.74) is -2.87. The highest BCUT2D eigenvalue weighted by Crippen LogP contribution is 2.22. The highest BCUT2D eigenvalue weighted by Gasteiger charge is 2.43. The van der Waals surface area contributed by atoms with Crippen molar-refractivity contribution >= 4 is 10.0 Å². The van der Waals surface area contributed by atoms with Gasteiger partial charge in [-0.3, -0.25) is 9.94 Å². The van der Waals surface area contributed by atoms with E-state index in [0.717, 1.165) is 0 Å². The number of halogens is 5. The number of rotatable bonds is 6. The zero-order valence-electron chi connectivity index (χ0n) is 7.89. The van der Waals surface area contributed by atoms with Gasteiger partial charge in [-0.25, -0.2) is 8.42 Å². The maximum absolute atomic E-state index is 11.7. The molecule has 0 aromatic heterocycles. The Kier molecular flexibility index (Phi) is 5.63. The van der Waals surface area contributed by atoms with E-state index in [1.54, 1.807) is 0 Å². The molecular formula is C4H6F5NO6S. The Labute approximate surface area is 91.2 Å². The van der Waals surface area contributed by atoms with Crippen LogP contribution in [-0.2, 0) is 24.3 Å². The molecule has 0 amide bonds. The zero-order valence-corrected chi connectivity index (χ0v) is 8.70. The second-order valence-corrected chi connectivity index (χ2v) is 3.94. The number of alkyl halides is 5. The van der Waals surface area contributed by atoms with E-state index in [-0.39, 0.29) is 0 Å². The molecule has 1 N–H and O–H groups in total. The van der Waals surface area contributed by atoms with Crippen molar-refractivity contribution in [3.8, 4) is 0 Å². The molecule has 7 nitrogen and oxygen atoms in total. The van der Waals surface area contributed by atoms with Crippen LogP contribution in [0.4, 0.5) is 22.0 Å². The first kappa shape index (κ1) is 16.4. The lowest BCUT2D eigenvalue weighted by molar-refractivity contribution is -0.450. The van der Waals surface area contributed by atoms with Crippen LogP contribution in [0.3, 0.4) is 0 Å². The molecule has 1 atom stereocenters. The molecule has 0 fully saturated rings. The van der Waals surface area contributed by atoms with E-state index < -0.39 is 33.3 Å². The molecule has 0 spiro atoms. The van der Waals surface area contributed by atoms with Gasteiger partial charge in [-0.15, -0.1) is 13.2 Å². The summed E-state index contributed by atoms with van der Waals surface area (Å²) in [5, 5.41) is 8.43. The fraction of sp³-hybridized carbons (Fsp3) is 1.00. The van der Waals surface area contributed by atoms with Crippen molar-refractivity contribution in [2.24, 2.45) is 0 Å². The summed E-state index contributed by atoms with van der Waals surface area (Å²) in [5.74, 6) is 0. The summed E-state index contributed by atoms with van der Waals surface area (Å²) in [6, 6.07) is 0. The van der Waals surface area contributed by atoms with Crippen molar-refractivity contribution < 1.29 is 49.9 Å². The third kappa shape index (κ3) is 5.51. The summed E-state index contributed by atoms with van der Waals surface area (Å²) in [6.45, 7) is -3.66. The first-order valence-corrected chi connectivity index (χ1v) is 4.96. The smallest absolute Gasteiger partial charge is 0.342 e. The molecular weight excluding hydrogens is 285 g/mol. The van der Waals surface area contributed by atoms with E-state index in [1.807, 2.05) is 0 Å². The molecule has 0 aliphatic heterocycles. The Morgan fingerprint density at radius 1 is 1.29 bits per heavy atom. The summed E-state index contributed by atoms with van der Waals surface area (Å²) >= 11 is 0. The van der Waals surface area contributed by atoms with Gasteiger partial charge in [0.2, 0.25) is 0 Å². The van der Waals surface area contributed by atoms with Crippen molar-refractivity contribution in [2.75, 3.05) is 7.11 Å². The number of methoxy groups -OCH3 is 1. The van der Waals surface area contributed by atoms with Crippen molar-refractivity contribution in [3.05, 3.63) is 0 Å². The first-order chi connectivity index (χ1) is 7.50. The first-order valence-electron chi connectivity index (χ1n) is 3.46. The standard InChI is InChI=1S/C4H6F5NO6S/c1-14-3(15-2(5)6)17(12,13)10(11)16-4(7,8)9/h2-3,11H,1H3. The number of ether oxygens (including phenoxy) is 2.